The first-order chi connectivity index (χ1) is 69.0. The molecule has 2 atom stereocenters. The zero-order chi connectivity index (χ0) is 96.4. The molecule has 4 fully saturated rings. The van der Waals surface area contributed by atoms with Gasteiger partial charge in [0.05, 0.1) is 63.5 Å². The van der Waals surface area contributed by atoms with Gasteiger partial charge in [-0.25, -0.2) is 24.9 Å². The summed E-state index contributed by atoms with van der Waals surface area (Å²) in [5.41, 5.74) is 25.6. The quantitative estimate of drug-likeness (QED) is 0.0681. The molecule has 0 saturated carbocycles. The van der Waals surface area contributed by atoms with E-state index in [1.165, 1.54) is 24.0 Å². The van der Waals surface area contributed by atoms with Crippen LogP contribution in [-0.4, -0.2) is 206 Å². The van der Waals surface area contributed by atoms with Crippen molar-refractivity contribution in [1.29, 1.82) is 0 Å². The Morgan fingerprint density at radius 2 is 0.723 bits per heavy atom. The minimum absolute atomic E-state index is 0.0290. The van der Waals surface area contributed by atoms with Crippen LogP contribution >= 0.6 is 46.4 Å². The largest absolute Gasteiger partial charge is 0.385 e. The van der Waals surface area contributed by atoms with Gasteiger partial charge in [0.2, 0.25) is 5.56 Å². The van der Waals surface area contributed by atoms with Gasteiger partial charge in [-0.05, 0) is 167 Å². The van der Waals surface area contributed by atoms with Crippen molar-refractivity contribution in [3.8, 4) is 89.5 Å². The summed E-state index contributed by atoms with van der Waals surface area (Å²) in [6, 6.07) is 92.1. The van der Waals surface area contributed by atoms with Crippen molar-refractivity contribution in [2.45, 2.75) is 44.6 Å². The van der Waals surface area contributed by atoms with Gasteiger partial charge < -0.3 is 47.7 Å². The fourth-order valence-corrected chi connectivity index (χ4v) is 19.3. The zero-order valence-electron chi connectivity index (χ0n) is 77.4. The first kappa shape index (κ1) is 93.8. The number of amides is 3. The molecule has 4 saturated heterocycles. The summed E-state index contributed by atoms with van der Waals surface area (Å²) in [5, 5.41) is 21.7. The number of carbonyl (C=O) groups is 3. The second kappa shape index (κ2) is 42.8. The summed E-state index contributed by atoms with van der Waals surface area (Å²) in [4.78, 5) is 93.6. The number of fused-ring (bicyclic) bond motifs is 4. The van der Waals surface area contributed by atoms with Gasteiger partial charge in [0, 0.05) is 215 Å². The molecule has 706 valence electrons. The molecule has 3 N–H and O–H groups in total. The molecule has 23 rings (SSSR count). The average molecular weight is 1950 g/mol. The van der Waals surface area contributed by atoms with E-state index in [0.29, 0.717) is 89.3 Å². The molecule has 8 aromatic carbocycles. The Morgan fingerprint density at radius 3 is 1.07 bits per heavy atom. The number of aromatic nitrogens is 13. The van der Waals surface area contributed by atoms with Crippen LogP contribution < -0.4 is 10.9 Å². The number of imidazole rings is 4. The van der Waals surface area contributed by atoms with Gasteiger partial charge in [-0.3, -0.25) is 43.5 Å². The van der Waals surface area contributed by atoms with Crippen molar-refractivity contribution >= 4 is 86.7 Å². The van der Waals surface area contributed by atoms with Crippen LogP contribution in [0.25, 0.3) is 112 Å². The molecule has 141 heavy (non-hydrogen) atoms. The summed E-state index contributed by atoms with van der Waals surface area (Å²) in [6.45, 7) is 11.4. The SMILES string of the molecule is Cn1cc(C(=O)N2CCN(Cc3c(-c4ccc(Cl)cc4)nc4ccc(-c5ccccc5)cn34)CC2)cn1.O=C(c1cc[nH]c(=O)c1)N1CCN(Cc2c(-c3ccc(Cl)cc3)nc3ccc(-c4ccccc4)cn23)CC1.O=C(c1cnccn1)N1CCN(Cc2c(-c3ccc(Cl)cc3)nc3ccc(-c4ccccc4)cn23)CC1.OC(c1c(-c2ccc(Cl)cc2)nc2ccc(-c3ccccc3)cn12)C1CCCN1. The molecule has 0 radical (unpaired) electrons. The van der Waals surface area contributed by atoms with Crippen LogP contribution in [0.15, 0.2) is 346 Å². The number of H-pyrrole nitrogens is 1. The molecule has 25 nitrogen and oxygen atoms in total. The fourth-order valence-electron chi connectivity index (χ4n) is 18.8. The topological polar surface area (TPSA) is 249 Å². The van der Waals surface area contributed by atoms with E-state index in [1.807, 2.05) is 178 Å². The van der Waals surface area contributed by atoms with Crippen molar-refractivity contribution in [2.75, 3.05) is 85.1 Å². The average Bonchev–Trinajstić information content (AvgIpc) is 1.61. The lowest BCUT2D eigenvalue weighted by Gasteiger charge is -2.34. The lowest BCUT2D eigenvalue weighted by Crippen LogP contribution is -2.48. The third kappa shape index (κ3) is 21.5. The highest BCUT2D eigenvalue weighted by molar-refractivity contribution is 6.31. The predicted octanol–water partition coefficient (Wildman–Crippen LogP) is 20.2. The number of aliphatic hydroxyl groups excluding tert-OH is 1. The maximum atomic E-state index is 12.9. The molecule has 2 unspecified atom stereocenters. The second-order valence-electron chi connectivity index (χ2n) is 35.4. The number of halogens is 4. The Kier molecular flexibility index (Phi) is 28.5. The van der Waals surface area contributed by atoms with Crippen LogP contribution in [0, 0.1) is 0 Å². The van der Waals surface area contributed by atoms with E-state index in [9.17, 15) is 24.3 Å². The first-order valence-electron chi connectivity index (χ1n) is 47.2. The minimum Gasteiger partial charge on any atom is -0.385 e. The molecule has 0 spiro atoms. The Bertz CT molecular complexity index is 7670. The van der Waals surface area contributed by atoms with E-state index in [0.717, 1.165) is 195 Å². The van der Waals surface area contributed by atoms with Gasteiger partial charge in [0.15, 0.2) is 0 Å². The van der Waals surface area contributed by atoms with Gasteiger partial charge >= 0.3 is 0 Å². The van der Waals surface area contributed by atoms with E-state index in [1.54, 1.807) is 35.5 Å². The number of aliphatic hydroxyl groups is 1. The number of aryl methyl sites for hydroxylation is 1. The summed E-state index contributed by atoms with van der Waals surface area (Å²) >= 11 is 24.6. The summed E-state index contributed by atoms with van der Waals surface area (Å²) < 4.78 is 10.3. The van der Waals surface area contributed by atoms with E-state index in [-0.39, 0.29) is 29.3 Å². The van der Waals surface area contributed by atoms with Gasteiger partial charge in [0.25, 0.3) is 17.7 Å². The Morgan fingerprint density at radius 1 is 0.376 bits per heavy atom. The lowest BCUT2D eigenvalue weighted by molar-refractivity contribution is 0.0615. The smallest absolute Gasteiger partial charge is 0.274 e. The standard InChI is InChI=1S/C30H26ClN5O2.C29H27ClN6O.C29H25ClN6O.C24H22ClN3O/c31-25-9-6-22(7-10-25)29-26(36-19-24(8-11-27(36)33-29)21-4-2-1-3-5-21)20-34-14-16-35(17-15-34)30(38)23-12-13-32-28(37)18-23;1-33-18-24(17-31-33)29(37)35-15-13-34(14-16-35)20-26-28(22-7-10-25(30)11-8-22)32-27-12-9-23(19-36(26)27)21-5-3-2-4-6-21;30-24-9-6-22(7-10-24)28-26(36-19-23(8-11-27(36)33-28)21-4-2-1-3-5-21)20-34-14-16-35(17-15-34)29(37)25-18-31-12-13-32-25;25-19-11-8-17(9-12-19)22-23(24(29)20-7-4-14-26-20)28-15-18(10-13-21(28)27-22)16-5-2-1-3-6-16/h1-13,18-19H,14-17,20H2,(H,32,37);2-12,17-19H,13-16,20H2,1H3;1-13,18-19H,14-17,20H2;1-3,5-6,8-13,15,20,24,26,29H,4,7,14H2. The summed E-state index contributed by atoms with van der Waals surface area (Å²) in [6.07, 6.45) is 19.5. The number of benzene rings is 8. The van der Waals surface area contributed by atoms with Gasteiger partial charge in [-0.1, -0.05) is 216 Å². The van der Waals surface area contributed by atoms with Crippen molar-refractivity contribution in [3.05, 3.63) is 411 Å². The van der Waals surface area contributed by atoms with E-state index in [2.05, 4.69) is 193 Å². The molecule has 0 bridgehead atoms. The third-order valence-corrected chi connectivity index (χ3v) is 27.3. The molecule has 0 aliphatic carbocycles. The van der Waals surface area contributed by atoms with Gasteiger partial charge in [0.1, 0.15) is 34.4 Å². The third-order valence-electron chi connectivity index (χ3n) is 26.3. The number of hydrogen-bond donors (Lipinski definition) is 3. The predicted molar refractivity (Wildman–Crippen MR) is 556 cm³/mol. The highest BCUT2D eigenvalue weighted by atomic mass is 35.5. The van der Waals surface area contributed by atoms with Crippen LogP contribution in [0.1, 0.15) is 72.9 Å². The molecule has 11 aromatic heterocycles. The second-order valence-corrected chi connectivity index (χ2v) is 37.2. The van der Waals surface area contributed by atoms with E-state index < -0.39 is 6.10 Å². The molecular weight excluding hydrogens is 1850 g/mol. The number of nitrogens with zero attached hydrogens (tertiary/aromatic N) is 18. The van der Waals surface area contributed by atoms with Crippen LogP contribution in [0.2, 0.25) is 20.1 Å². The molecule has 19 aromatic rings. The van der Waals surface area contributed by atoms with Crippen molar-refractivity contribution in [2.24, 2.45) is 7.05 Å². The summed E-state index contributed by atoms with van der Waals surface area (Å²) in [7, 11) is 1.83. The number of carbonyl (C=O) groups excluding carboxylic acids is 3. The minimum atomic E-state index is -0.649. The Balaban J connectivity index is 0.000000116. The maximum Gasteiger partial charge on any atom is 0.274 e. The molecule has 3 amide bonds. The van der Waals surface area contributed by atoms with Crippen molar-refractivity contribution in [3.63, 3.8) is 0 Å². The zero-order valence-corrected chi connectivity index (χ0v) is 80.4. The molecule has 29 heteroatoms. The number of hydrogen-bond acceptors (Lipinski definition) is 16. The maximum absolute atomic E-state index is 12.9. The molecule has 4 aliphatic heterocycles. The highest BCUT2D eigenvalue weighted by Gasteiger charge is 2.33. The molecule has 15 heterocycles. The monoisotopic (exact) mass is 1940 g/mol. The Labute approximate surface area is 834 Å². The number of pyridine rings is 5. The lowest BCUT2D eigenvalue weighted by atomic mass is 10.0. The first-order valence-corrected chi connectivity index (χ1v) is 48.7. The Hall–Kier alpha value is -14.9. The number of rotatable bonds is 19. The van der Waals surface area contributed by atoms with E-state index >= 15 is 0 Å². The van der Waals surface area contributed by atoms with Crippen LogP contribution in [-0.2, 0) is 26.7 Å². The normalized spacial score (nSPS) is 15.0. The van der Waals surface area contributed by atoms with Gasteiger partial charge in [-0.15, -0.1) is 0 Å². The van der Waals surface area contributed by atoms with E-state index in [4.69, 9.17) is 66.3 Å². The highest BCUT2D eigenvalue weighted by Crippen LogP contribution is 2.39. The van der Waals surface area contributed by atoms with Crippen LogP contribution in [0.4, 0.5) is 0 Å². The summed E-state index contributed by atoms with van der Waals surface area (Å²) in [5.74, 6) is -0.145. The van der Waals surface area contributed by atoms with Crippen LogP contribution in [0.3, 0.4) is 0 Å². The fraction of sp³-hybridized carbons (Fsp3) is 0.188. The van der Waals surface area contributed by atoms with Crippen molar-refractivity contribution in [1.82, 2.24) is 97.0 Å². The molecule has 4 aliphatic rings. The van der Waals surface area contributed by atoms with Gasteiger partial charge in [-0.2, -0.15) is 5.10 Å². The number of nitrogens with one attached hydrogen (secondary N) is 2. The van der Waals surface area contributed by atoms with Crippen LogP contribution in [0.5, 0.6) is 0 Å². The number of aromatic amines is 1. The molecular formula is C112H100Cl4N20O5. The van der Waals surface area contributed by atoms with Crippen molar-refractivity contribution < 1.29 is 19.5 Å². The number of piperazine rings is 3.